The van der Waals surface area contributed by atoms with Gasteiger partial charge in [-0.15, -0.1) is 0 Å². The third-order valence-corrected chi connectivity index (χ3v) is 5.71. The lowest BCUT2D eigenvalue weighted by atomic mass is 9.97. The Morgan fingerprint density at radius 3 is 2.50 bits per heavy atom. The summed E-state index contributed by atoms with van der Waals surface area (Å²) < 4.78 is 10.7. The first-order chi connectivity index (χ1) is 14.6. The number of hydrogen-bond acceptors (Lipinski definition) is 4. The van der Waals surface area contributed by atoms with E-state index in [1.807, 2.05) is 25.2 Å². The SMILES string of the molecule is CN=C(NCc1ccc(OC)c(OC)c1)NC1CCN(Cc2ccccc2)C(C)C1. The fourth-order valence-corrected chi connectivity index (χ4v) is 3.97. The summed E-state index contributed by atoms with van der Waals surface area (Å²) >= 11 is 0. The van der Waals surface area contributed by atoms with Gasteiger partial charge in [-0.2, -0.15) is 0 Å². The largest absolute Gasteiger partial charge is 0.493 e. The summed E-state index contributed by atoms with van der Waals surface area (Å²) in [6, 6.07) is 17.6. The minimum atomic E-state index is 0.420. The first-order valence-electron chi connectivity index (χ1n) is 10.6. The standard InChI is InChI=1S/C24H34N4O2/c1-18-14-21(12-13-28(18)17-19-8-6-5-7-9-19)27-24(25-2)26-16-20-10-11-22(29-3)23(15-20)30-4/h5-11,15,18,21H,12-14,16-17H2,1-4H3,(H2,25,26,27). The predicted octanol–water partition coefficient (Wildman–Crippen LogP) is 3.42. The van der Waals surface area contributed by atoms with Crippen molar-refractivity contribution in [2.45, 2.75) is 44.9 Å². The lowest BCUT2D eigenvalue weighted by Gasteiger charge is -2.38. The van der Waals surface area contributed by atoms with E-state index in [1.54, 1.807) is 14.2 Å². The van der Waals surface area contributed by atoms with E-state index in [0.29, 0.717) is 18.6 Å². The predicted molar refractivity (Wildman–Crippen MR) is 122 cm³/mol. The maximum Gasteiger partial charge on any atom is 0.191 e. The first-order valence-corrected chi connectivity index (χ1v) is 10.6. The molecule has 2 aromatic rings. The fourth-order valence-electron chi connectivity index (χ4n) is 3.97. The Kier molecular flexibility index (Phi) is 7.97. The average molecular weight is 411 g/mol. The summed E-state index contributed by atoms with van der Waals surface area (Å²) in [5, 5.41) is 7.01. The van der Waals surface area contributed by atoms with Gasteiger partial charge < -0.3 is 20.1 Å². The molecule has 162 valence electrons. The van der Waals surface area contributed by atoms with Gasteiger partial charge >= 0.3 is 0 Å². The molecule has 3 rings (SSSR count). The molecule has 0 aromatic heterocycles. The van der Waals surface area contributed by atoms with Crippen LogP contribution < -0.4 is 20.1 Å². The highest BCUT2D eigenvalue weighted by molar-refractivity contribution is 5.80. The van der Waals surface area contributed by atoms with Crippen molar-refractivity contribution in [2.75, 3.05) is 27.8 Å². The van der Waals surface area contributed by atoms with Crippen LogP contribution in [0.4, 0.5) is 0 Å². The van der Waals surface area contributed by atoms with Gasteiger partial charge in [-0.25, -0.2) is 0 Å². The molecule has 0 amide bonds. The van der Waals surface area contributed by atoms with Gasteiger partial charge in [0.25, 0.3) is 0 Å². The normalized spacial score (nSPS) is 19.9. The summed E-state index contributed by atoms with van der Waals surface area (Å²) in [4.78, 5) is 6.97. The van der Waals surface area contributed by atoms with Gasteiger partial charge in [-0.05, 0) is 43.0 Å². The van der Waals surface area contributed by atoms with E-state index in [2.05, 4.69) is 57.8 Å². The molecule has 30 heavy (non-hydrogen) atoms. The minimum Gasteiger partial charge on any atom is -0.493 e. The number of benzene rings is 2. The van der Waals surface area contributed by atoms with Crippen LogP contribution in [0, 0.1) is 0 Å². The summed E-state index contributed by atoms with van der Waals surface area (Å²) in [6.45, 7) is 5.08. The van der Waals surface area contributed by atoms with Crippen LogP contribution in [0.15, 0.2) is 53.5 Å². The van der Waals surface area contributed by atoms with Crippen molar-refractivity contribution in [3.8, 4) is 11.5 Å². The molecule has 0 radical (unpaired) electrons. The maximum absolute atomic E-state index is 5.39. The molecule has 2 unspecified atom stereocenters. The quantitative estimate of drug-likeness (QED) is 0.541. The molecule has 1 aliphatic rings. The number of rotatable bonds is 7. The van der Waals surface area contributed by atoms with Crippen molar-refractivity contribution >= 4 is 5.96 Å². The second-order valence-corrected chi connectivity index (χ2v) is 7.79. The Morgan fingerprint density at radius 2 is 1.83 bits per heavy atom. The zero-order chi connectivity index (χ0) is 21.3. The van der Waals surface area contributed by atoms with E-state index in [4.69, 9.17) is 9.47 Å². The number of nitrogens with zero attached hydrogens (tertiary/aromatic N) is 2. The van der Waals surface area contributed by atoms with Gasteiger partial charge in [0.05, 0.1) is 14.2 Å². The summed E-state index contributed by atoms with van der Waals surface area (Å²) in [5.41, 5.74) is 2.49. The highest BCUT2D eigenvalue weighted by atomic mass is 16.5. The third-order valence-electron chi connectivity index (χ3n) is 5.71. The van der Waals surface area contributed by atoms with Crippen LogP contribution in [-0.2, 0) is 13.1 Å². The molecule has 1 heterocycles. The summed E-state index contributed by atoms with van der Waals surface area (Å²) in [6.07, 6.45) is 2.21. The number of methoxy groups -OCH3 is 2. The smallest absolute Gasteiger partial charge is 0.191 e. The zero-order valence-corrected chi connectivity index (χ0v) is 18.5. The minimum absolute atomic E-state index is 0.420. The molecule has 2 atom stereocenters. The van der Waals surface area contributed by atoms with Gasteiger partial charge in [0, 0.05) is 38.8 Å². The molecule has 1 saturated heterocycles. The first kappa shape index (κ1) is 22.0. The van der Waals surface area contributed by atoms with Gasteiger partial charge in [-0.1, -0.05) is 36.4 Å². The molecular weight excluding hydrogens is 376 g/mol. The van der Waals surface area contributed by atoms with Crippen LogP contribution >= 0.6 is 0 Å². The number of aliphatic imine (C=N–C) groups is 1. The van der Waals surface area contributed by atoms with Gasteiger partial charge in [0.2, 0.25) is 0 Å². The van der Waals surface area contributed by atoms with Crippen LogP contribution in [0.2, 0.25) is 0 Å². The number of ether oxygens (including phenoxy) is 2. The van der Waals surface area contributed by atoms with Crippen molar-refractivity contribution < 1.29 is 9.47 Å². The molecule has 6 heteroatoms. The molecule has 2 aromatic carbocycles. The zero-order valence-electron chi connectivity index (χ0n) is 18.5. The Morgan fingerprint density at radius 1 is 1.07 bits per heavy atom. The molecule has 1 aliphatic heterocycles. The topological polar surface area (TPSA) is 58.1 Å². The van der Waals surface area contributed by atoms with Crippen molar-refractivity contribution in [3.05, 3.63) is 59.7 Å². The lowest BCUT2D eigenvalue weighted by Crippen LogP contribution is -2.51. The highest BCUT2D eigenvalue weighted by Gasteiger charge is 2.25. The van der Waals surface area contributed by atoms with E-state index < -0.39 is 0 Å². The van der Waals surface area contributed by atoms with E-state index in [0.717, 1.165) is 49.0 Å². The van der Waals surface area contributed by atoms with Crippen LogP contribution in [-0.4, -0.2) is 50.8 Å². The molecular formula is C24H34N4O2. The number of piperidine rings is 1. The average Bonchev–Trinajstić information content (AvgIpc) is 2.78. The van der Waals surface area contributed by atoms with Gasteiger partial charge in [-0.3, -0.25) is 9.89 Å². The molecule has 6 nitrogen and oxygen atoms in total. The van der Waals surface area contributed by atoms with E-state index >= 15 is 0 Å². The van der Waals surface area contributed by atoms with Crippen LogP contribution in [0.5, 0.6) is 11.5 Å². The molecule has 0 saturated carbocycles. The van der Waals surface area contributed by atoms with Gasteiger partial charge in [0.15, 0.2) is 17.5 Å². The van der Waals surface area contributed by atoms with Gasteiger partial charge in [0.1, 0.15) is 0 Å². The summed E-state index contributed by atoms with van der Waals surface area (Å²) in [5.74, 6) is 2.30. The second kappa shape index (κ2) is 10.9. The van der Waals surface area contributed by atoms with Crippen molar-refractivity contribution in [3.63, 3.8) is 0 Å². The summed E-state index contributed by atoms with van der Waals surface area (Å²) in [7, 11) is 5.12. The van der Waals surface area contributed by atoms with Crippen molar-refractivity contribution in [1.29, 1.82) is 0 Å². The van der Waals surface area contributed by atoms with Crippen molar-refractivity contribution in [2.24, 2.45) is 4.99 Å². The monoisotopic (exact) mass is 410 g/mol. The Bertz CT molecular complexity index is 825. The highest BCUT2D eigenvalue weighted by Crippen LogP contribution is 2.27. The fraction of sp³-hybridized carbons (Fsp3) is 0.458. The van der Waals surface area contributed by atoms with Crippen LogP contribution in [0.1, 0.15) is 30.9 Å². The van der Waals surface area contributed by atoms with Crippen LogP contribution in [0.3, 0.4) is 0 Å². The number of guanidine groups is 1. The molecule has 1 fully saturated rings. The molecule has 2 N–H and O–H groups in total. The molecule has 0 aliphatic carbocycles. The Labute approximate surface area is 180 Å². The molecule has 0 bridgehead atoms. The Hall–Kier alpha value is -2.73. The van der Waals surface area contributed by atoms with E-state index in [9.17, 15) is 0 Å². The van der Waals surface area contributed by atoms with E-state index in [1.165, 1.54) is 5.56 Å². The number of hydrogen-bond donors (Lipinski definition) is 2. The Balaban J connectivity index is 1.49. The lowest BCUT2D eigenvalue weighted by molar-refractivity contribution is 0.134. The number of likely N-dealkylation sites (tertiary alicyclic amines) is 1. The second-order valence-electron chi connectivity index (χ2n) is 7.79. The third kappa shape index (κ3) is 5.89. The van der Waals surface area contributed by atoms with Crippen LogP contribution in [0.25, 0.3) is 0 Å². The van der Waals surface area contributed by atoms with E-state index in [-0.39, 0.29) is 0 Å². The maximum atomic E-state index is 5.39. The van der Waals surface area contributed by atoms with Crippen molar-refractivity contribution in [1.82, 2.24) is 15.5 Å². The number of nitrogens with one attached hydrogen (secondary N) is 2. The molecule has 0 spiro atoms.